The maximum absolute atomic E-state index is 12.9. The lowest BCUT2D eigenvalue weighted by Crippen LogP contribution is -2.40. The van der Waals surface area contributed by atoms with Crippen LogP contribution in [-0.4, -0.2) is 44.9 Å². The minimum Gasteiger partial charge on any atom is -0.350 e. The van der Waals surface area contributed by atoms with Crippen LogP contribution in [0.4, 0.5) is 4.39 Å². The van der Waals surface area contributed by atoms with Crippen LogP contribution in [0.5, 0.6) is 0 Å². The van der Waals surface area contributed by atoms with Gasteiger partial charge in [0.15, 0.2) is 0 Å². The van der Waals surface area contributed by atoms with Crippen molar-refractivity contribution in [2.24, 2.45) is 0 Å². The summed E-state index contributed by atoms with van der Waals surface area (Å²) in [5.74, 6) is -0.00768. The fourth-order valence-electron chi connectivity index (χ4n) is 2.76. The van der Waals surface area contributed by atoms with Gasteiger partial charge in [-0.2, -0.15) is 4.98 Å². The number of aromatic nitrogens is 3. The summed E-state index contributed by atoms with van der Waals surface area (Å²) in [5.41, 5.74) is 1.56. The summed E-state index contributed by atoms with van der Waals surface area (Å²) < 4.78 is 18.1. The van der Waals surface area contributed by atoms with E-state index in [0.29, 0.717) is 18.3 Å². The summed E-state index contributed by atoms with van der Waals surface area (Å²) in [5, 5.41) is 6.64. The summed E-state index contributed by atoms with van der Waals surface area (Å²) in [7, 11) is 0. The monoisotopic (exact) mass is 411 g/mol. The van der Waals surface area contributed by atoms with E-state index in [-0.39, 0.29) is 43.6 Å². The Morgan fingerprint density at radius 2 is 1.87 bits per heavy atom. The molecule has 0 radical (unpaired) electrons. The second-order valence-electron chi connectivity index (χ2n) is 6.56. The number of hydrogen-bond acceptors (Lipinski definition) is 6. The first kappa shape index (κ1) is 21.1. The van der Waals surface area contributed by atoms with Crippen LogP contribution in [0, 0.1) is 5.82 Å². The molecular weight excluding hydrogens is 389 g/mol. The Morgan fingerprint density at radius 3 is 2.57 bits per heavy atom. The number of carbonyl (C=O) groups excluding carboxylic acids is 2. The van der Waals surface area contributed by atoms with Crippen LogP contribution in [0.15, 0.2) is 53.3 Å². The van der Waals surface area contributed by atoms with Crippen molar-refractivity contribution in [3.05, 3.63) is 66.1 Å². The molecule has 0 fully saturated rings. The van der Waals surface area contributed by atoms with E-state index >= 15 is 0 Å². The van der Waals surface area contributed by atoms with Gasteiger partial charge in [-0.1, -0.05) is 17.3 Å². The molecule has 3 rings (SSSR count). The first-order chi connectivity index (χ1) is 14.5. The first-order valence-electron chi connectivity index (χ1n) is 9.57. The number of benzene rings is 1. The van der Waals surface area contributed by atoms with Crippen molar-refractivity contribution in [1.82, 2.24) is 25.3 Å². The van der Waals surface area contributed by atoms with Gasteiger partial charge in [0.2, 0.25) is 23.5 Å². The molecule has 0 saturated carbocycles. The molecule has 0 bridgehead atoms. The van der Waals surface area contributed by atoms with Crippen LogP contribution in [0.2, 0.25) is 0 Å². The minimum atomic E-state index is -0.332. The fraction of sp³-hybridized carbons (Fsp3) is 0.286. The Labute approximate surface area is 173 Å². The number of nitrogens with one attached hydrogen (secondary N) is 1. The van der Waals surface area contributed by atoms with Crippen LogP contribution in [-0.2, 0) is 22.6 Å². The van der Waals surface area contributed by atoms with Crippen molar-refractivity contribution in [3.63, 3.8) is 0 Å². The Hall–Kier alpha value is -3.62. The molecule has 30 heavy (non-hydrogen) atoms. The van der Waals surface area contributed by atoms with E-state index in [9.17, 15) is 14.0 Å². The van der Waals surface area contributed by atoms with E-state index in [0.717, 1.165) is 11.1 Å². The molecule has 0 spiro atoms. The maximum Gasteiger partial charge on any atom is 0.239 e. The Balaban J connectivity index is 1.46. The van der Waals surface area contributed by atoms with Crippen molar-refractivity contribution in [1.29, 1.82) is 0 Å². The van der Waals surface area contributed by atoms with E-state index in [2.05, 4.69) is 20.4 Å². The molecule has 156 valence electrons. The minimum absolute atomic E-state index is 0.0529. The summed E-state index contributed by atoms with van der Waals surface area (Å²) in [6.07, 6.45) is 3.70. The van der Waals surface area contributed by atoms with Crippen LogP contribution in [0.3, 0.4) is 0 Å². The summed E-state index contributed by atoms with van der Waals surface area (Å²) in [6, 6.07) is 9.40. The zero-order valence-corrected chi connectivity index (χ0v) is 16.5. The number of halogens is 1. The van der Waals surface area contributed by atoms with Gasteiger partial charge in [0.1, 0.15) is 5.82 Å². The lowest BCUT2D eigenvalue weighted by Gasteiger charge is -2.20. The number of aryl methyl sites for hydroxylation is 1. The zero-order valence-electron chi connectivity index (χ0n) is 16.5. The standard InChI is InChI=1S/C21H22FN5O3/c1-2-27(14-18(28)24-13-15-3-5-17(22)6-4-15)20(29)8-7-19-25-21(26-30-19)16-9-11-23-12-10-16/h3-6,9-12H,2,7-8,13-14H2,1H3,(H,24,28). The highest BCUT2D eigenvalue weighted by Crippen LogP contribution is 2.15. The third kappa shape index (κ3) is 5.94. The molecule has 2 aromatic heterocycles. The fourth-order valence-corrected chi connectivity index (χ4v) is 2.76. The van der Waals surface area contributed by atoms with Gasteiger partial charge < -0.3 is 14.7 Å². The lowest BCUT2D eigenvalue weighted by molar-refractivity contribution is -0.135. The SMILES string of the molecule is CCN(CC(=O)NCc1ccc(F)cc1)C(=O)CCc1nc(-c2ccncc2)no1. The average molecular weight is 411 g/mol. The second kappa shape index (κ2) is 10.2. The molecule has 9 heteroatoms. The normalized spacial score (nSPS) is 10.6. The molecule has 0 atom stereocenters. The molecular formula is C21H22FN5O3. The molecule has 3 aromatic rings. The second-order valence-corrected chi connectivity index (χ2v) is 6.56. The molecule has 2 heterocycles. The quantitative estimate of drug-likeness (QED) is 0.580. The molecule has 0 aliphatic heterocycles. The van der Waals surface area contributed by atoms with Gasteiger partial charge in [-0.05, 0) is 36.8 Å². The summed E-state index contributed by atoms with van der Waals surface area (Å²) in [6.45, 7) is 2.42. The zero-order chi connectivity index (χ0) is 21.3. The van der Waals surface area contributed by atoms with Gasteiger partial charge in [-0.3, -0.25) is 14.6 Å². The summed E-state index contributed by atoms with van der Waals surface area (Å²) >= 11 is 0. The molecule has 0 unspecified atom stereocenters. The average Bonchev–Trinajstić information content (AvgIpc) is 3.25. The third-order valence-corrected chi connectivity index (χ3v) is 4.43. The largest absolute Gasteiger partial charge is 0.350 e. The van der Waals surface area contributed by atoms with E-state index in [4.69, 9.17) is 4.52 Å². The lowest BCUT2D eigenvalue weighted by atomic mass is 10.2. The van der Waals surface area contributed by atoms with Gasteiger partial charge >= 0.3 is 0 Å². The Bertz CT molecular complexity index is 976. The summed E-state index contributed by atoms with van der Waals surface area (Å²) in [4.78, 5) is 34.3. The highest BCUT2D eigenvalue weighted by atomic mass is 19.1. The Kier molecular flexibility index (Phi) is 7.20. The molecule has 1 N–H and O–H groups in total. The molecule has 0 aliphatic carbocycles. The number of nitrogens with zero attached hydrogens (tertiary/aromatic N) is 4. The van der Waals surface area contributed by atoms with Gasteiger partial charge in [-0.15, -0.1) is 0 Å². The molecule has 2 amide bonds. The topological polar surface area (TPSA) is 101 Å². The smallest absolute Gasteiger partial charge is 0.239 e. The molecule has 8 nitrogen and oxygen atoms in total. The van der Waals surface area contributed by atoms with Crippen LogP contribution in [0.25, 0.3) is 11.4 Å². The number of rotatable bonds is 9. The van der Waals surface area contributed by atoms with Crippen molar-refractivity contribution in [2.75, 3.05) is 13.1 Å². The number of amides is 2. The van der Waals surface area contributed by atoms with Gasteiger partial charge in [0, 0.05) is 43.9 Å². The van der Waals surface area contributed by atoms with Crippen LogP contribution in [0.1, 0.15) is 24.8 Å². The maximum atomic E-state index is 12.9. The number of hydrogen-bond donors (Lipinski definition) is 1. The van der Waals surface area contributed by atoms with Crippen molar-refractivity contribution < 1.29 is 18.5 Å². The molecule has 1 aromatic carbocycles. The Morgan fingerprint density at radius 1 is 1.13 bits per heavy atom. The third-order valence-electron chi connectivity index (χ3n) is 4.43. The first-order valence-corrected chi connectivity index (χ1v) is 9.57. The molecule has 0 saturated heterocycles. The van der Waals surface area contributed by atoms with E-state index in [1.165, 1.54) is 17.0 Å². The van der Waals surface area contributed by atoms with Crippen molar-refractivity contribution in [3.8, 4) is 11.4 Å². The predicted molar refractivity (Wildman–Crippen MR) is 106 cm³/mol. The van der Waals surface area contributed by atoms with Crippen molar-refractivity contribution >= 4 is 11.8 Å². The number of likely N-dealkylation sites (N-methyl/N-ethyl adjacent to an activating group) is 1. The van der Waals surface area contributed by atoms with E-state index in [1.54, 1.807) is 43.6 Å². The van der Waals surface area contributed by atoms with E-state index in [1.807, 2.05) is 0 Å². The highest BCUT2D eigenvalue weighted by molar-refractivity contribution is 5.84. The van der Waals surface area contributed by atoms with Crippen LogP contribution >= 0.6 is 0 Å². The highest BCUT2D eigenvalue weighted by Gasteiger charge is 2.17. The van der Waals surface area contributed by atoms with Gasteiger partial charge in [0.25, 0.3) is 0 Å². The number of carbonyl (C=O) groups is 2. The predicted octanol–water partition coefficient (Wildman–Crippen LogP) is 2.37. The van der Waals surface area contributed by atoms with Crippen LogP contribution < -0.4 is 5.32 Å². The van der Waals surface area contributed by atoms with E-state index < -0.39 is 0 Å². The van der Waals surface area contributed by atoms with Crippen molar-refractivity contribution in [2.45, 2.75) is 26.3 Å². The number of pyridine rings is 1. The van der Waals surface area contributed by atoms with Gasteiger partial charge in [-0.25, -0.2) is 4.39 Å². The molecule has 0 aliphatic rings. The van der Waals surface area contributed by atoms with Gasteiger partial charge in [0.05, 0.1) is 6.54 Å².